The Hall–Kier alpha value is 0.230. The molecule has 0 aliphatic carbocycles. The third kappa shape index (κ3) is 2.55. The van der Waals surface area contributed by atoms with Crippen molar-refractivity contribution in [2.24, 2.45) is 5.41 Å². The van der Waals surface area contributed by atoms with Crippen molar-refractivity contribution in [2.45, 2.75) is 25.8 Å². The van der Waals surface area contributed by atoms with E-state index in [-0.39, 0.29) is 5.54 Å². The van der Waals surface area contributed by atoms with E-state index in [4.69, 9.17) is 0 Å². The molecule has 0 aromatic rings. The lowest BCUT2D eigenvalue weighted by Crippen LogP contribution is -2.62. The number of aliphatic hydroxyl groups excluding tert-OH is 1. The van der Waals surface area contributed by atoms with Gasteiger partial charge in [0.1, 0.15) is 0 Å². The van der Waals surface area contributed by atoms with Gasteiger partial charge in [0, 0.05) is 31.9 Å². The molecule has 0 bridgehead atoms. The van der Waals surface area contributed by atoms with Crippen LogP contribution in [0.2, 0.25) is 0 Å². The number of aliphatic hydroxyl groups is 1. The lowest BCUT2D eigenvalue weighted by molar-refractivity contribution is 0.00576. The highest BCUT2D eigenvalue weighted by atomic mass is 32.2. The number of rotatable bonds is 2. The number of thioether (sulfide) groups is 1. The molecule has 0 saturated carbocycles. The second-order valence-corrected chi connectivity index (χ2v) is 6.94. The zero-order valence-corrected chi connectivity index (χ0v) is 11.3. The van der Waals surface area contributed by atoms with Gasteiger partial charge in [-0.25, -0.2) is 0 Å². The summed E-state index contributed by atoms with van der Waals surface area (Å²) in [5.41, 5.74) is 0.394. The maximum atomic E-state index is 9.85. The van der Waals surface area contributed by atoms with E-state index in [2.05, 4.69) is 24.1 Å². The summed E-state index contributed by atoms with van der Waals surface area (Å²) >= 11 is 2.00. The van der Waals surface area contributed by atoms with Crippen LogP contribution in [0, 0.1) is 5.41 Å². The molecule has 0 amide bonds. The first-order valence-corrected chi connectivity index (χ1v) is 7.38. The Bertz CT molecular complexity index is 241. The van der Waals surface area contributed by atoms with Crippen LogP contribution in [-0.2, 0) is 0 Å². The first kappa shape index (κ1) is 12.7. The number of nitrogens with zero attached hydrogens (tertiary/aromatic N) is 1. The van der Waals surface area contributed by atoms with Gasteiger partial charge in [-0.3, -0.25) is 4.90 Å². The lowest BCUT2D eigenvalue weighted by atomic mass is 9.79. The van der Waals surface area contributed by atoms with Gasteiger partial charge in [0.15, 0.2) is 0 Å². The Morgan fingerprint density at radius 2 is 1.94 bits per heavy atom. The highest BCUT2D eigenvalue weighted by Crippen LogP contribution is 2.42. The summed E-state index contributed by atoms with van der Waals surface area (Å²) in [6, 6.07) is 0. The Balaban J connectivity index is 2.10. The van der Waals surface area contributed by atoms with Crippen LogP contribution in [0.4, 0.5) is 0 Å². The fourth-order valence-electron chi connectivity index (χ4n) is 3.05. The summed E-state index contributed by atoms with van der Waals surface area (Å²) < 4.78 is 0. The second kappa shape index (κ2) is 4.84. The maximum absolute atomic E-state index is 9.85. The van der Waals surface area contributed by atoms with E-state index >= 15 is 0 Å². The van der Waals surface area contributed by atoms with Gasteiger partial charge in [-0.1, -0.05) is 13.8 Å². The summed E-state index contributed by atoms with van der Waals surface area (Å²) in [4.78, 5) is 2.51. The lowest BCUT2D eigenvalue weighted by Gasteiger charge is -2.51. The standard InChI is InChI=1S/C12H24N2OS/c1-11(2)7-12(8-15,10-16-9-11)14-5-3-13-4-6-14/h13,15H,3-10H2,1-2H3. The minimum absolute atomic E-state index is 0.0362. The fourth-order valence-corrected chi connectivity index (χ4v) is 4.57. The average molecular weight is 244 g/mol. The van der Waals surface area contributed by atoms with Crippen molar-refractivity contribution in [3.8, 4) is 0 Å². The predicted molar refractivity (Wildman–Crippen MR) is 70.0 cm³/mol. The van der Waals surface area contributed by atoms with Crippen LogP contribution in [0.25, 0.3) is 0 Å². The molecule has 2 fully saturated rings. The van der Waals surface area contributed by atoms with Crippen molar-refractivity contribution in [3.63, 3.8) is 0 Å². The molecule has 4 heteroatoms. The highest BCUT2D eigenvalue weighted by Gasteiger charge is 2.44. The molecule has 94 valence electrons. The van der Waals surface area contributed by atoms with Crippen molar-refractivity contribution in [2.75, 3.05) is 44.3 Å². The molecule has 2 aliphatic heterocycles. The van der Waals surface area contributed by atoms with Crippen LogP contribution in [-0.4, -0.2) is 59.8 Å². The highest BCUT2D eigenvalue weighted by molar-refractivity contribution is 7.99. The molecule has 0 aromatic heterocycles. The van der Waals surface area contributed by atoms with Gasteiger partial charge < -0.3 is 10.4 Å². The molecule has 16 heavy (non-hydrogen) atoms. The first-order chi connectivity index (χ1) is 7.58. The molecule has 1 unspecified atom stereocenters. The van der Waals surface area contributed by atoms with Gasteiger partial charge in [-0.05, 0) is 17.6 Å². The van der Waals surface area contributed by atoms with E-state index in [1.165, 1.54) is 5.75 Å². The Kier molecular flexibility index (Phi) is 3.84. The third-order valence-corrected chi connectivity index (χ3v) is 5.48. The third-order valence-electron chi connectivity index (χ3n) is 3.75. The maximum Gasteiger partial charge on any atom is 0.0623 e. The van der Waals surface area contributed by atoms with E-state index in [1.54, 1.807) is 0 Å². The molecule has 0 aromatic carbocycles. The largest absolute Gasteiger partial charge is 0.394 e. The number of nitrogens with one attached hydrogen (secondary N) is 1. The number of piperazine rings is 1. The van der Waals surface area contributed by atoms with Crippen LogP contribution in [0.5, 0.6) is 0 Å². The summed E-state index contributed by atoms with van der Waals surface area (Å²) in [6.07, 6.45) is 1.13. The van der Waals surface area contributed by atoms with Crippen molar-refractivity contribution in [1.82, 2.24) is 10.2 Å². The van der Waals surface area contributed by atoms with E-state index in [1.807, 2.05) is 11.8 Å². The molecule has 1 atom stereocenters. The smallest absolute Gasteiger partial charge is 0.0623 e. The van der Waals surface area contributed by atoms with Gasteiger partial charge >= 0.3 is 0 Å². The SMILES string of the molecule is CC1(C)CSCC(CO)(N2CCNCC2)C1. The quantitative estimate of drug-likeness (QED) is 0.753. The molecule has 2 N–H and O–H groups in total. The summed E-state index contributed by atoms with van der Waals surface area (Å²) in [6.45, 7) is 9.25. The summed E-state index contributed by atoms with van der Waals surface area (Å²) in [5, 5.41) is 13.2. The van der Waals surface area contributed by atoms with E-state index in [0.717, 1.165) is 38.4 Å². The zero-order chi connectivity index (χ0) is 11.6. The molecule has 0 spiro atoms. The van der Waals surface area contributed by atoms with Crippen LogP contribution in [0.15, 0.2) is 0 Å². The number of hydrogen-bond acceptors (Lipinski definition) is 4. The van der Waals surface area contributed by atoms with Gasteiger partial charge in [0.25, 0.3) is 0 Å². The molecule has 3 nitrogen and oxygen atoms in total. The average Bonchev–Trinajstić information content (AvgIpc) is 2.29. The molecular weight excluding hydrogens is 220 g/mol. The van der Waals surface area contributed by atoms with Crippen LogP contribution in [0.3, 0.4) is 0 Å². The molecule has 0 radical (unpaired) electrons. The number of hydrogen-bond donors (Lipinski definition) is 2. The summed E-state index contributed by atoms with van der Waals surface area (Å²) in [5.74, 6) is 2.31. The van der Waals surface area contributed by atoms with Crippen molar-refractivity contribution < 1.29 is 5.11 Å². The van der Waals surface area contributed by atoms with Gasteiger partial charge in [0.05, 0.1) is 12.1 Å². The first-order valence-electron chi connectivity index (χ1n) is 6.22. The molecular formula is C12H24N2OS. The van der Waals surface area contributed by atoms with Crippen LogP contribution < -0.4 is 5.32 Å². The minimum Gasteiger partial charge on any atom is -0.394 e. The molecule has 2 heterocycles. The Morgan fingerprint density at radius 1 is 1.25 bits per heavy atom. The summed E-state index contributed by atoms with van der Waals surface area (Å²) in [7, 11) is 0. The van der Waals surface area contributed by atoms with E-state index in [9.17, 15) is 5.11 Å². The Morgan fingerprint density at radius 3 is 2.50 bits per heavy atom. The van der Waals surface area contributed by atoms with Crippen molar-refractivity contribution in [1.29, 1.82) is 0 Å². The van der Waals surface area contributed by atoms with Gasteiger partial charge in [0.2, 0.25) is 0 Å². The minimum atomic E-state index is 0.0362. The van der Waals surface area contributed by atoms with Crippen molar-refractivity contribution >= 4 is 11.8 Å². The van der Waals surface area contributed by atoms with Crippen LogP contribution in [0.1, 0.15) is 20.3 Å². The second-order valence-electron chi connectivity index (χ2n) is 5.95. The molecule has 2 rings (SSSR count). The fraction of sp³-hybridized carbons (Fsp3) is 1.00. The van der Waals surface area contributed by atoms with E-state index in [0.29, 0.717) is 12.0 Å². The molecule has 2 aliphatic rings. The predicted octanol–water partition coefficient (Wildman–Crippen LogP) is 0.786. The topological polar surface area (TPSA) is 35.5 Å². The van der Waals surface area contributed by atoms with E-state index < -0.39 is 0 Å². The van der Waals surface area contributed by atoms with Crippen molar-refractivity contribution in [3.05, 3.63) is 0 Å². The Labute approximate surface area is 103 Å². The van der Waals surface area contributed by atoms with Crippen LogP contribution >= 0.6 is 11.8 Å². The molecule has 2 saturated heterocycles. The normalized spacial score (nSPS) is 36.2. The monoisotopic (exact) mass is 244 g/mol. The van der Waals surface area contributed by atoms with Gasteiger partial charge in [-0.2, -0.15) is 11.8 Å². The zero-order valence-electron chi connectivity index (χ0n) is 10.5. The van der Waals surface area contributed by atoms with Gasteiger partial charge in [-0.15, -0.1) is 0 Å².